The third-order valence-electron chi connectivity index (χ3n) is 6.22. The van der Waals surface area contributed by atoms with E-state index in [0.29, 0.717) is 18.5 Å². The van der Waals surface area contributed by atoms with Crippen LogP contribution in [-0.2, 0) is 22.4 Å². The molecule has 0 aliphatic carbocycles. The highest BCUT2D eigenvalue weighted by Crippen LogP contribution is 2.40. The fourth-order valence-electron chi connectivity index (χ4n) is 4.62. The summed E-state index contributed by atoms with van der Waals surface area (Å²) in [5.74, 6) is -0.660. The number of fused-ring (bicyclic) bond motifs is 1. The van der Waals surface area contributed by atoms with Crippen molar-refractivity contribution in [3.8, 4) is 5.75 Å². The number of aliphatic hydroxyl groups excluding tert-OH is 1. The molecule has 1 saturated heterocycles. The number of pyridine rings is 1. The molecular formula is C27H24N2O4. The third kappa shape index (κ3) is 3.89. The Balaban J connectivity index is 1.56. The van der Waals surface area contributed by atoms with Crippen LogP contribution in [0, 0.1) is 0 Å². The number of Topliss-reactive ketones (excluding diaryl/α,β-unsaturated/α-hetero) is 1. The minimum atomic E-state index is -0.680. The maximum atomic E-state index is 13.2. The lowest BCUT2D eigenvalue weighted by Gasteiger charge is -2.25. The Kier molecular flexibility index (Phi) is 5.42. The Morgan fingerprint density at radius 3 is 2.61 bits per heavy atom. The van der Waals surface area contributed by atoms with Gasteiger partial charge >= 0.3 is 0 Å². The highest BCUT2D eigenvalue weighted by Gasteiger charge is 2.45. The van der Waals surface area contributed by atoms with Crippen LogP contribution in [0.25, 0.3) is 5.76 Å². The van der Waals surface area contributed by atoms with Crippen molar-refractivity contribution in [3.63, 3.8) is 0 Å². The summed E-state index contributed by atoms with van der Waals surface area (Å²) < 4.78 is 5.75. The lowest BCUT2D eigenvalue weighted by molar-refractivity contribution is -0.139. The second-order valence-electron chi connectivity index (χ2n) is 8.46. The first-order valence-electron chi connectivity index (χ1n) is 11.0. The molecule has 33 heavy (non-hydrogen) atoms. The highest BCUT2D eigenvalue weighted by atomic mass is 16.5. The topological polar surface area (TPSA) is 79.7 Å². The molecule has 2 unspecified atom stereocenters. The van der Waals surface area contributed by atoms with Crippen LogP contribution < -0.4 is 4.74 Å². The standard InChI is InChI=1S/C27H24N2O4/c1-17-15-21-16-20(7-8-22(21)33-17)25(30)23-24(19-9-12-28-13-10-19)29(27(32)26(23)31)14-11-18-5-3-2-4-6-18/h2-10,12-13,16-17,24,30H,11,14-15H2,1H3. The van der Waals surface area contributed by atoms with Gasteiger partial charge < -0.3 is 14.7 Å². The van der Waals surface area contributed by atoms with Gasteiger partial charge in [0.25, 0.3) is 11.7 Å². The molecular weight excluding hydrogens is 416 g/mol. The van der Waals surface area contributed by atoms with E-state index in [1.54, 1.807) is 41.6 Å². The molecule has 2 aromatic carbocycles. The number of hydrogen-bond acceptors (Lipinski definition) is 5. The molecule has 1 aromatic heterocycles. The van der Waals surface area contributed by atoms with E-state index in [4.69, 9.17) is 4.74 Å². The smallest absolute Gasteiger partial charge is 0.295 e. The first-order valence-corrected chi connectivity index (χ1v) is 11.0. The fraction of sp³-hybridized carbons (Fsp3) is 0.222. The molecule has 2 aliphatic rings. The number of nitrogens with zero attached hydrogens (tertiary/aromatic N) is 2. The molecule has 166 valence electrons. The molecule has 2 atom stereocenters. The van der Waals surface area contributed by atoms with Crippen LogP contribution in [0.1, 0.15) is 35.2 Å². The Hall–Kier alpha value is -3.93. The quantitative estimate of drug-likeness (QED) is 0.368. The summed E-state index contributed by atoms with van der Waals surface area (Å²) in [6.45, 7) is 2.34. The minimum absolute atomic E-state index is 0.0674. The molecule has 0 saturated carbocycles. The summed E-state index contributed by atoms with van der Waals surface area (Å²) in [5.41, 5.74) is 3.39. The van der Waals surface area contributed by atoms with Gasteiger partial charge in [0.05, 0.1) is 11.6 Å². The second-order valence-corrected chi connectivity index (χ2v) is 8.46. The van der Waals surface area contributed by atoms with Crippen LogP contribution in [0.5, 0.6) is 5.75 Å². The summed E-state index contributed by atoms with van der Waals surface area (Å²) in [5, 5.41) is 11.3. The average Bonchev–Trinajstić information content (AvgIpc) is 3.34. The summed E-state index contributed by atoms with van der Waals surface area (Å²) in [7, 11) is 0. The number of benzene rings is 2. The highest BCUT2D eigenvalue weighted by molar-refractivity contribution is 6.46. The van der Waals surface area contributed by atoms with Gasteiger partial charge in [0.2, 0.25) is 0 Å². The van der Waals surface area contributed by atoms with Crippen molar-refractivity contribution in [1.82, 2.24) is 9.88 Å². The molecule has 5 rings (SSSR count). The zero-order chi connectivity index (χ0) is 22.9. The van der Waals surface area contributed by atoms with Crippen LogP contribution >= 0.6 is 0 Å². The summed E-state index contributed by atoms with van der Waals surface area (Å²) in [6, 6.07) is 18.1. The number of hydrogen-bond donors (Lipinski definition) is 1. The Bertz CT molecular complexity index is 1240. The van der Waals surface area contributed by atoms with Gasteiger partial charge in [-0.1, -0.05) is 30.3 Å². The zero-order valence-corrected chi connectivity index (χ0v) is 18.3. The van der Waals surface area contributed by atoms with Crippen molar-refractivity contribution < 1.29 is 19.4 Å². The number of likely N-dealkylation sites (tertiary alicyclic amines) is 1. The molecule has 1 fully saturated rings. The van der Waals surface area contributed by atoms with E-state index in [2.05, 4.69) is 4.98 Å². The number of carbonyl (C=O) groups is 2. The lowest BCUT2D eigenvalue weighted by atomic mass is 9.95. The molecule has 0 spiro atoms. The summed E-state index contributed by atoms with van der Waals surface area (Å²) >= 11 is 0. The largest absolute Gasteiger partial charge is 0.507 e. The van der Waals surface area contributed by atoms with Crippen LogP contribution in [0.2, 0.25) is 0 Å². The predicted molar refractivity (Wildman–Crippen MR) is 124 cm³/mol. The number of carbonyl (C=O) groups excluding carboxylic acids is 2. The van der Waals surface area contributed by atoms with Gasteiger partial charge in [0.1, 0.15) is 17.6 Å². The normalized spacial score (nSPS) is 21.2. The van der Waals surface area contributed by atoms with Gasteiger partial charge in [-0.25, -0.2) is 0 Å². The molecule has 1 N–H and O–H groups in total. The number of aromatic nitrogens is 1. The molecule has 0 bridgehead atoms. The van der Waals surface area contributed by atoms with E-state index < -0.39 is 17.7 Å². The first kappa shape index (κ1) is 20.9. The van der Waals surface area contributed by atoms with E-state index in [0.717, 1.165) is 28.9 Å². The van der Waals surface area contributed by atoms with E-state index >= 15 is 0 Å². The number of rotatable bonds is 5. The lowest BCUT2D eigenvalue weighted by Crippen LogP contribution is -2.31. The predicted octanol–water partition coefficient (Wildman–Crippen LogP) is 4.07. The van der Waals surface area contributed by atoms with Gasteiger partial charge in [-0.15, -0.1) is 0 Å². The van der Waals surface area contributed by atoms with Crippen LogP contribution in [-0.4, -0.2) is 39.3 Å². The van der Waals surface area contributed by atoms with Crippen molar-refractivity contribution in [3.05, 3.63) is 101 Å². The van der Waals surface area contributed by atoms with Crippen LogP contribution in [0.4, 0.5) is 0 Å². The fourth-order valence-corrected chi connectivity index (χ4v) is 4.62. The minimum Gasteiger partial charge on any atom is -0.507 e. The van der Waals surface area contributed by atoms with Gasteiger partial charge in [0.15, 0.2) is 0 Å². The van der Waals surface area contributed by atoms with Crippen molar-refractivity contribution in [2.45, 2.75) is 31.9 Å². The Labute approximate surface area is 192 Å². The molecule has 3 aromatic rings. The molecule has 6 nitrogen and oxygen atoms in total. The number of amides is 1. The van der Waals surface area contributed by atoms with Gasteiger partial charge in [-0.05, 0) is 60.4 Å². The first-order chi connectivity index (χ1) is 16.0. The van der Waals surface area contributed by atoms with Gasteiger partial charge in [-0.2, -0.15) is 0 Å². The zero-order valence-electron chi connectivity index (χ0n) is 18.3. The van der Waals surface area contributed by atoms with Crippen molar-refractivity contribution in [1.29, 1.82) is 0 Å². The number of ketones is 1. The summed E-state index contributed by atoms with van der Waals surface area (Å²) in [6.07, 6.45) is 4.65. The molecule has 3 heterocycles. The van der Waals surface area contributed by atoms with Crippen molar-refractivity contribution in [2.75, 3.05) is 6.54 Å². The number of aliphatic hydroxyl groups is 1. The number of ether oxygens (including phenoxy) is 1. The molecule has 6 heteroatoms. The SMILES string of the molecule is CC1Cc2cc(C(O)=C3C(=O)C(=O)N(CCc4ccccc4)C3c3ccncc3)ccc2O1. The Morgan fingerprint density at radius 2 is 1.85 bits per heavy atom. The van der Waals surface area contributed by atoms with E-state index in [-0.39, 0.29) is 17.4 Å². The monoisotopic (exact) mass is 440 g/mol. The maximum absolute atomic E-state index is 13.2. The van der Waals surface area contributed by atoms with Crippen LogP contribution in [0.3, 0.4) is 0 Å². The molecule has 1 amide bonds. The van der Waals surface area contributed by atoms with Crippen molar-refractivity contribution in [2.24, 2.45) is 0 Å². The maximum Gasteiger partial charge on any atom is 0.295 e. The van der Waals surface area contributed by atoms with E-state index in [1.165, 1.54) is 0 Å². The summed E-state index contributed by atoms with van der Waals surface area (Å²) in [4.78, 5) is 31.9. The van der Waals surface area contributed by atoms with E-state index in [1.807, 2.05) is 43.3 Å². The van der Waals surface area contributed by atoms with Crippen LogP contribution in [0.15, 0.2) is 78.6 Å². The molecule has 0 radical (unpaired) electrons. The average molecular weight is 440 g/mol. The van der Waals surface area contributed by atoms with Gasteiger partial charge in [0, 0.05) is 30.9 Å². The second kappa shape index (κ2) is 8.54. The van der Waals surface area contributed by atoms with E-state index in [9.17, 15) is 14.7 Å². The van der Waals surface area contributed by atoms with Crippen molar-refractivity contribution >= 4 is 17.4 Å². The molecule has 2 aliphatic heterocycles. The van der Waals surface area contributed by atoms with Gasteiger partial charge in [-0.3, -0.25) is 14.6 Å². The Morgan fingerprint density at radius 1 is 1.09 bits per heavy atom. The third-order valence-corrected chi connectivity index (χ3v) is 6.22.